The quantitative estimate of drug-likeness (QED) is 0.874. The van der Waals surface area contributed by atoms with Crippen molar-refractivity contribution >= 4 is 17.7 Å². The van der Waals surface area contributed by atoms with E-state index in [9.17, 15) is 9.18 Å². The molecule has 0 fully saturated rings. The lowest BCUT2D eigenvalue weighted by Crippen LogP contribution is -2.13. The molecule has 0 spiro atoms. The van der Waals surface area contributed by atoms with Crippen molar-refractivity contribution in [2.45, 2.75) is 6.61 Å². The zero-order valence-electron chi connectivity index (χ0n) is 13.0. The Morgan fingerprint density at radius 2 is 2.21 bits per heavy atom. The fourth-order valence-electron chi connectivity index (χ4n) is 2.38. The van der Waals surface area contributed by atoms with Crippen LogP contribution in [0.1, 0.15) is 11.1 Å². The van der Waals surface area contributed by atoms with Crippen molar-refractivity contribution in [2.75, 3.05) is 19.2 Å². The van der Waals surface area contributed by atoms with Gasteiger partial charge >= 0.3 is 0 Å². The fraction of sp³-hybridized carbons (Fsp3) is 0.167. The molecule has 1 aliphatic heterocycles. The summed E-state index contributed by atoms with van der Waals surface area (Å²) in [4.78, 5) is 12.0. The number of hydrogen-bond donors (Lipinski definition) is 1. The maximum absolute atomic E-state index is 13.7. The first-order valence-electron chi connectivity index (χ1n) is 7.32. The summed E-state index contributed by atoms with van der Waals surface area (Å²) in [6.07, 6.45) is 2.84. The first-order valence-corrected chi connectivity index (χ1v) is 7.32. The van der Waals surface area contributed by atoms with Crippen LogP contribution in [0.4, 0.5) is 10.1 Å². The second-order valence-corrected chi connectivity index (χ2v) is 5.15. The van der Waals surface area contributed by atoms with Gasteiger partial charge in [-0.2, -0.15) is 0 Å². The molecule has 5 nitrogen and oxygen atoms in total. The highest BCUT2D eigenvalue weighted by Gasteiger charge is 2.15. The maximum atomic E-state index is 13.7. The van der Waals surface area contributed by atoms with Crippen molar-refractivity contribution in [3.63, 3.8) is 0 Å². The zero-order valence-corrected chi connectivity index (χ0v) is 13.0. The number of carbonyl (C=O) groups excluding carboxylic acids is 1. The lowest BCUT2D eigenvalue weighted by molar-refractivity contribution is -0.111. The highest BCUT2D eigenvalue weighted by Crippen LogP contribution is 2.30. The number of benzene rings is 2. The average molecular weight is 329 g/mol. The normalized spacial score (nSPS) is 13.2. The van der Waals surface area contributed by atoms with Gasteiger partial charge < -0.3 is 19.5 Å². The van der Waals surface area contributed by atoms with Crippen LogP contribution in [0.2, 0.25) is 0 Å². The Morgan fingerprint density at radius 3 is 3.04 bits per heavy atom. The van der Waals surface area contributed by atoms with Gasteiger partial charge in [-0.15, -0.1) is 0 Å². The third-order valence-electron chi connectivity index (χ3n) is 3.46. The van der Waals surface area contributed by atoms with E-state index in [2.05, 4.69) is 5.32 Å². The van der Waals surface area contributed by atoms with Gasteiger partial charge in [-0.05, 0) is 30.3 Å². The summed E-state index contributed by atoms with van der Waals surface area (Å²) in [6, 6.07) is 9.69. The van der Waals surface area contributed by atoms with Gasteiger partial charge in [0, 0.05) is 29.0 Å². The molecule has 1 N–H and O–H groups in total. The molecule has 6 heteroatoms. The predicted octanol–water partition coefficient (Wildman–Crippen LogP) is 3.35. The number of halogens is 1. The molecule has 3 rings (SSSR count). The number of anilines is 1. The standard InChI is InChI=1S/C18H16FNO4/c1-22-16-4-2-3-15(9-16)20-17(21)6-5-12-7-14(19)8-13-10-23-11-24-18(12)13/h2-9H,10-11H2,1H3,(H,20,21). The van der Waals surface area contributed by atoms with Gasteiger partial charge in [-0.25, -0.2) is 4.39 Å². The molecule has 0 saturated carbocycles. The average Bonchev–Trinajstić information content (AvgIpc) is 2.59. The topological polar surface area (TPSA) is 56.8 Å². The van der Waals surface area contributed by atoms with Crippen LogP contribution in [0, 0.1) is 5.82 Å². The molecule has 124 valence electrons. The summed E-state index contributed by atoms with van der Waals surface area (Å²) in [7, 11) is 1.55. The van der Waals surface area contributed by atoms with Crippen LogP contribution in [0.3, 0.4) is 0 Å². The Labute approximate surface area is 138 Å². The summed E-state index contributed by atoms with van der Waals surface area (Å²) >= 11 is 0. The van der Waals surface area contributed by atoms with E-state index >= 15 is 0 Å². The highest BCUT2D eigenvalue weighted by atomic mass is 19.1. The van der Waals surface area contributed by atoms with Gasteiger partial charge in [0.25, 0.3) is 0 Å². The van der Waals surface area contributed by atoms with Gasteiger partial charge in [0.1, 0.15) is 17.3 Å². The van der Waals surface area contributed by atoms with E-state index in [-0.39, 0.29) is 19.3 Å². The second-order valence-electron chi connectivity index (χ2n) is 5.15. The van der Waals surface area contributed by atoms with Crippen molar-refractivity contribution in [3.05, 3.63) is 59.4 Å². The zero-order chi connectivity index (χ0) is 16.9. The summed E-state index contributed by atoms with van der Waals surface area (Å²) in [5, 5.41) is 2.72. The monoisotopic (exact) mass is 329 g/mol. The summed E-state index contributed by atoms with van der Waals surface area (Å²) in [5.74, 6) is 0.432. The van der Waals surface area contributed by atoms with Crippen molar-refractivity contribution < 1.29 is 23.4 Å². The molecule has 1 heterocycles. The van der Waals surface area contributed by atoms with E-state index in [0.717, 1.165) is 0 Å². The van der Waals surface area contributed by atoms with E-state index in [1.54, 1.807) is 31.4 Å². The lowest BCUT2D eigenvalue weighted by Gasteiger charge is -2.19. The van der Waals surface area contributed by atoms with Crippen LogP contribution >= 0.6 is 0 Å². The Hall–Kier alpha value is -2.86. The summed E-state index contributed by atoms with van der Waals surface area (Å²) < 4.78 is 29.3. The minimum Gasteiger partial charge on any atom is -0.497 e. The van der Waals surface area contributed by atoms with Gasteiger partial charge in [0.2, 0.25) is 5.91 Å². The minimum absolute atomic E-state index is 0.107. The number of nitrogens with one attached hydrogen (secondary N) is 1. The number of fused-ring (bicyclic) bond motifs is 1. The molecule has 2 aromatic carbocycles. The number of methoxy groups -OCH3 is 1. The molecule has 1 aliphatic rings. The van der Waals surface area contributed by atoms with Crippen LogP contribution in [0.5, 0.6) is 11.5 Å². The molecule has 0 bridgehead atoms. The Kier molecular flexibility index (Phi) is 4.77. The molecule has 24 heavy (non-hydrogen) atoms. The molecule has 0 saturated heterocycles. The van der Waals surface area contributed by atoms with E-state index in [1.807, 2.05) is 0 Å². The molecule has 0 aliphatic carbocycles. The maximum Gasteiger partial charge on any atom is 0.248 e. The Bertz CT molecular complexity index is 789. The largest absolute Gasteiger partial charge is 0.497 e. The number of rotatable bonds is 4. The Morgan fingerprint density at radius 1 is 1.33 bits per heavy atom. The number of hydrogen-bond acceptors (Lipinski definition) is 4. The summed E-state index contributed by atoms with van der Waals surface area (Å²) in [6.45, 7) is 0.388. The molecule has 0 radical (unpaired) electrons. The van der Waals surface area contributed by atoms with Crippen LogP contribution < -0.4 is 14.8 Å². The third kappa shape index (κ3) is 3.72. The van der Waals surface area contributed by atoms with Crippen LogP contribution in [-0.2, 0) is 16.1 Å². The van der Waals surface area contributed by atoms with Crippen molar-refractivity contribution in [1.82, 2.24) is 0 Å². The van der Waals surface area contributed by atoms with Crippen LogP contribution in [0.25, 0.3) is 6.08 Å². The molecule has 1 amide bonds. The van der Waals surface area contributed by atoms with E-state index in [4.69, 9.17) is 14.2 Å². The Balaban J connectivity index is 1.75. The van der Waals surface area contributed by atoms with Crippen LogP contribution in [0.15, 0.2) is 42.5 Å². The summed E-state index contributed by atoms with van der Waals surface area (Å²) in [5.41, 5.74) is 1.72. The SMILES string of the molecule is COc1cccc(NC(=O)C=Cc2cc(F)cc3c2OCOC3)c1. The van der Waals surface area contributed by atoms with Gasteiger partial charge in [-0.1, -0.05) is 6.07 Å². The van der Waals surface area contributed by atoms with Crippen molar-refractivity contribution in [1.29, 1.82) is 0 Å². The molecule has 2 aromatic rings. The fourth-order valence-corrected chi connectivity index (χ4v) is 2.38. The van der Waals surface area contributed by atoms with Gasteiger partial charge in [0.15, 0.2) is 6.79 Å². The van der Waals surface area contributed by atoms with Gasteiger partial charge in [-0.3, -0.25) is 4.79 Å². The van der Waals surface area contributed by atoms with Crippen molar-refractivity contribution in [2.24, 2.45) is 0 Å². The second kappa shape index (κ2) is 7.14. The van der Waals surface area contributed by atoms with E-state index in [1.165, 1.54) is 24.3 Å². The molecule has 0 unspecified atom stereocenters. The predicted molar refractivity (Wildman–Crippen MR) is 87.3 cm³/mol. The molecule has 0 atom stereocenters. The van der Waals surface area contributed by atoms with Crippen LogP contribution in [-0.4, -0.2) is 19.8 Å². The first kappa shape index (κ1) is 16.0. The molecule has 0 aromatic heterocycles. The molecular formula is C18H16FNO4. The number of amides is 1. The van der Waals surface area contributed by atoms with E-state index < -0.39 is 5.82 Å². The van der Waals surface area contributed by atoms with E-state index in [0.29, 0.717) is 28.3 Å². The minimum atomic E-state index is -0.407. The third-order valence-corrected chi connectivity index (χ3v) is 3.46. The van der Waals surface area contributed by atoms with Gasteiger partial charge in [0.05, 0.1) is 13.7 Å². The van der Waals surface area contributed by atoms with Crippen molar-refractivity contribution in [3.8, 4) is 11.5 Å². The number of ether oxygens (including phenoxy) is 3. The first-order chi connectivity index (χ1) is 11.7. The molecular weight excluding hydrogens is 313 g/mol. The number of carbonyl (C=O) groups is 1. The smallest absolute Gasteiger partial charge is 0.248 e. The highest BCUT2D eigenvalue weighted by molar-refractivity contribution is 6.02. The lowest BCUT2D eigenvalue weighted by atomic mass is 10.1.